The van der Waals surface area contributed by atoms with E-state index in [1.165, 1.54) is 0 Å². The Bertz CT molecular complexity index is 728. The van der Waals surface area contributed by atoms with Gasteiger partial charge in [-0.25, -0.2) is 0 Å². The summed E-state index contributed by atoms with van der Waals surface area (Å²) in [5.74, 6) is -1.92. The average molecular weight is 402 g/mol. The maximum atomic E-state index is 12.8. The second-order valence-corrected chi connectivity index (χ2v) is 7.94. The molecule has 0 spiro atoms. The van der Waals surface area contributed by atoms with E-state index in [9.17, 15) is 19.8 Å². The van der Waals surface area contributed by atoms with E-state index in [1.54, 1.807) is 6.08 Å². The molecule has 1 aliphatic heterocycles. The second kappa shape index (κ2) is 10.0. The minimum Gasteiger partial charge on any atom is -0.462 e. The summed E-state index contributed by atoms with van der Waals surface area (Å²) in [6.45, 7) is 2.20. The number of aliphatic hydroxyl groups excluding tert-OH is 2. The van der Waals surface area contributed by atoms with Gasteiger partial charge in [0, 0.05) is 12.3 Å². The molecule has 1 saturated carbocycles. The zero-order chi connectivity index (χ0) is 20.8. The van der Waals surface area contributed by atoms with Gasteiger partial charge in [-0.3, -0.25) is 9.59 Å². The molecule has 2 unspecified atom stereocenters. The molecule has 158 valence electrons. The van der Waals surface area contributed by atoms with E-state index in [2.05, 4.69) is 6.92 Å². The van der Waals surface area contributed by atoms with Crippen LogP contribution in [0.15, 0.2) is 42.0 Å². The highest BCUT2D eigenvalue weighted by molar-refractivity contribution is 5.76. The van der Waals surface area contributed by atoms with Gasteiger partial charge in [-0.15, -0.1) is 0 Å². The van der Waals surface area contributed by atoms with Crippen LogP contribution < -0.4 is 0 Å². The van der Waals surface area contributed by atoms with E-state index in [0.29, 0.717) is 18.4 Å². The lowest BCUT2D eigenvalue weighted by Crippen LogP contribution is -2.30. The Labute approximate surface area is 171 Å². The summed E-state index contributed by atoms with van der Waals surface area (Å²) in [6, 6.07) is 9.36. The van der Waals surface area contributed by atoms with Crippen LogP contribution in [0.5, 0.6) is 0 Å². The predicted octanol–water partition coefficient (Wildman–Crippen LogP) is 2.91. The fourth-order valence-electron chi connectivity index (χ4n) is 4.14. The Balaban J connectivity index is 1.75. The van der Waals surface area contributed by atoms with Gasteiger partial charge in [0.25, 0.3) is 0 Å². The van der Waals surface area contributed by atoms with Crippen LogP contribution in [-0.2, 0) is 25.7 Å². The van der Waals surface area contributed by atoms with Crippen molar-refractivity contribution in [2.24, 2.45) is 11.8 Å². The zero-order valence-electron chi connectivity index (χ0n) is 16.8. The van der Waals surface area contributed by atoms with E-state index in [-0.39, 0.29) is 31.0 Å². The van der Waals surface area contributed by atoms with Crippen LogP contribution in [0.3, 0.4) is 0 Å². The highest BCUT2D eigenvalue weighted by Gasteiger charge is 2.46. The van der Waals surface area contributed by atoms with Gasteiger partial charge in [0.1, 0.15) is 18.6 Å². The standard InChI is InChI=1S/C23H30O6/c1-2-3-5-10-19(24)18(23(27)28-14-15-8-6-4-7-9-15)11-16-17-12-22(26)29-21(17)13-20(16)25/h4,6-9,11,17-21,24-25H,2-3,5,10,12-14H2,1H3/b16-11+/t17-,18?,19?,20-,21+/m1/s1. The maximum Gasteiger partial charge on any atom is 0.315 e. The van der Waals surface area contributed by atoms with Crippen molar-refractivity contribution >= 4 is 11.9 Å². The van der Waals surface area contributed by atoms with Crippen LogP contribution in [0.1, 0.15) is 51.0 Å². The Morgan fingerprint density at radius 1 is 1.31 bits per heavy atom. The Morgan fingerprint density at radius 3 is 2.79 bits per heavy atom. The first-order valence-corrected chi connectivity index (χ1v) is 10.5. The van der Waals surface area contributed by atoms with E-state index in [1.807, 2.05) is 30.3 Å². The normalized spacial score (nSPS) is 26.8. The molecule has 5 atom stereocenters. The van der Waals surface area contributed by atoms with Gasteiger partial charge in [0.15, 0.2) is 0 Å². The lowest BCUT2D eigenvalue weighted by molar-refractivity contribution is -0.151. The van der Waals surface area contributed by atoms with Crippen molar-refractivity contribution in [1.82, 2.24) is 0 Å². The first kappa shape index (κ1) is 21.5. The molecule has 0 amide bonds. The number of carbonyl (C=O) groups is 2. The zero-order valence-corrected chi connectivity index (χ0v) is 16.8. The number of hydrogen-bond acceptors (Lipinski definition) is 6. The first-order valence-electron chi connectivity index (χ1n) is 10.5. The number of aliphatic hydroxyl groups is 2. The molecule has 3 rings (SSSR count). The summed E-state index contributed by atoms with van der Waals surface area (Å²) in [7, 11) is 0. The van der Waals surface area contributed by atoms with Crippen LogP contribution in [0.2, 0.25) is 0 Å². The third kappa shape index (κ3) is 5.46. The molecule has 1 aromatic carbocycles. The quantitative estimate of drug-likeness (QED) is 0.375. The third-order valence-corrected chi connectivity index (χ3v) is 5.77. The van der Waals surface area contributed by atoms with E-state index in [4.69, 9.17) is 9.47 Å². The summed E-state index contributed by atoms with van der Waals surface area (Å²) in [4.78, 5) is 24.5. The fraction of sp³-hybridized carbons (Fsp3) is 0.565. The summed E-state index contributed by atoms with van der Waals surface area (Å²) < 4.78 is 10.7. The Hall–Kier alpha value is -2.18. The summed E-state index contributed by atoms with van der Waals surface area (Å²) in [5.41, 5.74) is 1.47. The molecule has 0 bridgehead atoms. The fourth-order valence-corrected chi connectivity index (χ4v) is 4.14. The number of esters is 2. The molecule has 1 aromatic rings. The van der Waals surface area contributed by atoms with Crippen LogP contribution in [0, 0.1) is 11.8 Å². The molecule has 2 aliphatic rings. The number of rotatable bonds is 9. The van der Waals surface area contributed by atoms with E-state index >= 15 is 0 Å². The number of unbranched alkanes of at least 4 members (excludes halogenated alkanes) is 2. The van der Waals surface area contributed by atoms with Gasteiger partial charge in [0.05, 0.1) is 18.6 Å². The molecule has 2 N–H and O–H groups in total. The largest absolute Gasteiger partial charge is 0.462 e. The van der Waals surface area contributed by atoms with E-state index in [0.717, 1.165) is 24.8 Å². The molecule has 6 heteroatoms. The number of hydrogen-bond donors (Lipinski definition) is 2. The molecule has 0 aromatic heterocycles. The lowest BCUT2D eigenvalue weighted by atomic mass is 9.90. The van der Waals surface area contributed by atoms with Gasteiger partial charge in [-0.1, -0.05) is 62.6 Å². The molecule has 0 radical (unpaired) electrons. The third-order valence-electron chi connectivity index (χ3n) is 5.77. The summed E-state index contributed by atoms with van der Waals surface area (Å²) >= 11 is 0. The lowest BCUT2D eigenvalue weighted by Gasteiger charge is -2.21. The Kier molecular flexibility index (Phi) is 7.45. The van der Waals surface area contributed by atoms with Crippen molar-refractivity contribution in [3.63, 3.8) is 0 Å². The van der Waals surface area contributed by atoms with Gasteiger partial charge in [-0.2, -0.15) is 0 Å². The van der Waals surface area contributed by atoms with Crippen molar-refractivity contribution in [2.45, 2.75) is 70.4 Å². The second-order valence-electron chi connectivity index (χ2n) is 7.94. The predicted molar refractivity (Wildman–Crippen MR) is 107 cm³/mol. The van der Waals surface area contributed by atoms with Crippen molar-refractivity contribution < 1.29 is 29.3 Å². The minimum atomic E-state index is -0.901. The smallest absolute Gasteiger partial charge is 0.315 e. The Morgan fingerprint density at radius 2 is 2.07 bits per heavy atom. The maximum absolute atomic E-state index is 12.8. The minimum absolute atomic E-state index is 0.122. The molecule has 1 saturated heterocycles. The topological polar surface area (TPSA) is 93.1 Å². The summed E-state index contributed by atoms with van der Waals surface area (Å²) in [5, 5.41) is 21.1. The van der Waals surface area contributed by atoms with Gasteiger partial charge in [0.2, 0.25) is 0 Å². The van der Waals surface area contributed by atoms with Crippen LogP contribution in [-0.4, -0.2) is 40.5 Å². The molecular weight excluding hydrogens is 372 g/mol. The SMILES string of the molecule is CCCCCC(O)C(/C=C1/[C@H](O)C[C@@H]2OC(=O)C[C@H]12)C(=O)OCc1ccccc1. The van der Waals surface area contributed by atoms with Crippen molar-refractivity contribution in [1.29, 1.82) is 0 Å². The molecule has 1 heterocycles. The summed E-state index contributed by atoms with van der Waals surface area (Å²) in [6.07, 6.45) is 3.40. The average Bonchev–Trinajstić information content (AvgIpc) is 3.20. The van der Waals surface area contributed by atoms with Gasteiger partial charge >= 0.3 is 11.9 Å². The highest BCUT2D eigenvalue weighted by atomic mass is 16.6. The van der Waals surface area contributed by atoms with Crippen molar-refractivity contribution in [2.75, 3.05) is 0 Å². The van der Waals surface area contributed by atoms with Crippen molar-refractivity contribution in [3.05, 3.63) is 47.5 Å². The number of benzene rings is 1. The van der Waals surface area contributed by atoms with Crippen LogP contribution in [0.25, 0.3) is 0 Å². The van der Waals surface area contributed by atoms with Crippen molar-refractivity contribution in [3.8, 4) is 0 Å². The highest BCUT2D eigenvalue weighted by Crippen LogP contribution is 2.41. The molecular formula is C23H30O6. The molecule has 2 fully saturated rings. The first-order chi connectivity index (χ1) is 14.0. The van der Waals surface area contributed by atoms with Crippen LogP contribution >= 0.6 is 0 Å². The number of ether oxygens (including phenoxy) is 2. The van der Waals surface area contributed by atoms with Gasteiger partial charge in [-0.05, 0) is 17.6 Å². The number of fused-ring (bicyclic) bond motifs is 1. The van der Waals surface area contributed by atoms with Crippen LogP contribution in [0.4, 0.5) is 0 Å². The van der Waals surface area contributed by atoms with Gasteiger partial charge < -0.3 is 19.7 Å². The number of carbonyl (C=O) groups excluding carboxylic acids is 2. The molecule has 6 nitrogen and oxygen atoms in total. The molecule has 29 heavy (non-hydrogen) atoms. The monoisotopic (exact) mass is 402 g/mol. The molecule has 1 aliphatic carbocycles. The van der Waals surface area contributed by atoms with E-state index < -0.39 is 24.1 Å².